The zero-order valence-corrected chi connectivity index (χ0v) is 23.4. The minimum absolute atomic E-state index is 0.0191. The Morgan fingerprint density at radius 1 is 1.08 bits per heavy atom. The lowest BCUT2D eigenvalue weighted by Gasteiger charge is -2.52. The van der Waals surface area contributed by atoms with E-state index in [4.69, 9.17) is 0 Å². The summed E-state index contributed by atoms with van der Waals surface area (Å²) >= 11 is 0. The monoisotopic (exact) mass is 525 g/mol. The number of rotatable bonds is 4. The standard InChI is InChI=1S/C30H41FN4O3/c1-22-20-33(17-18-35(22,29(37)38)30(2,3)4)21-23-9-11-27(12-10-23)32(5)28(36)34-15-13-24(14-16-34)25-7-6-8-26(31)19-25/h6-12,19,22,24H,13-18,20-21H2,1-5H3/p+1/t22-,35?/m0/s1. The molecule has 2 aliphatic heterocycles. The average molecular weight is 526 g/mol. The molecule has 4 rings (SSSR count). The van der Waals surface area contributed by atoms with Gasteiger partial charge in [0.05, 0.1) is 6.54 Å². The lowest BCUT2D eigenvalue weighted by molar-refractivity contribution is -0.929. The molecule has 8 heteroatoms. The lowest BCUT2D eigenvalue weighted by Crippen LogP contribution is -2.73. The van der Waals surface area contributed by atoms with Crippen molar-refractivity contribution in [1.82, 2.24) is 9.80 Å². The van der Waals surface area contributed by atoms with Gasteiger partial charge in [-0.15, -0.1) is 0 Å². The summed E-state index contributed by atoms with van der Waals surface area (Å²) in [6, 6.07) is 14.8. The molecule has 2 aliphatic rings. The molecular formula is C30H42FN4O3+. The van der Waals surface area contributed by atoms with Gasteiger partial charge in [0, 0.05) is 38.9 Å². The minimum Gasteiger partial charge on any atom is -0.435 e. The van der Waals surface area contributed by atoms with Crippen LogP contribution < -0.4 is 4.90 Å². The Labute approximate surface area is 226 Å². The maximum atomic E-state index is 13.6. The van der Waals surface area contributed by atoms with Crippen LogP contribution in [0.15, 0.2) is 48.5 Å². The van der Waals surface area contributed by atoms with Gasteiger partial charge in [0.15, 0.2) is 0 Å². The van der Waals surface area contributed by atoms with Crippen molar-refractivity contribution in [2.24, 2.45) is 0 Å². The van der Waals surface area contributed by atoms with Gasteiger partial charge in [-0.05, 0) is 81.8 Å². The third-order valence-corrected chi connectivity index (χ3v) is 8.68. The first kappa shape index (κ1) is 28.0. The fraction of sp³-hybridized carbons (Fsp3) is 0.533. The summed E-state index contributed by atoms with van der Waals surface area (Å²) in [6.45, 7) is 12.1. The summed E-state index contributed by atoms with van der Waals surface area (Å²) in [5, 5.41) is 10.1. The van der Waals surface area contributed by atoms with Crippen molar-refractivity contribution in [3.05, 3.63) is 65.5 Å². The Morgan fingerprint density at radius 2 is 1.74 bits per heavy atom. The van der Waals surface area contributed by atoms with E-state index in [0.29, 0.717) is 19.6 Å². The first-order valence-corrected chi connectivity index (χ1v) is 13.6. The van der Waals surface area contributed by atoms with Crippen molar-refractivity contribution >= 4 is 17.8 Å². The molecule has 38 heavy (non-hydrogen) atoms. The van der Waals surface area contributed by atoms with Crippen LogP contribution in [-0.2, 0) is 6.54 Å². The number of piperazine rings is 1. The number of amides is 3. The van der Waals surface area contributed by atoms with E-state index in [1.165, 1.54) is 6.07 Å². The first-order chi connectivity index (χ1) is 17.9. The van der Waals surface area contributed by atoms with Gasteiger partial charge < -0.3 is 10.0 Å². The molecule has 0 aromatic heterocycles. The maximum absolute atomic E-state index is 13.6. The van der Waals surface area contributed by atoms with Crippen LogP contribution in [-0.4, -0.2) is 82.9 Å². The van der Waals surface area contributed by atoms with Crippen LogP contribution in [0, 0.1) is 5.82 Å². The van der Waals surface area contributed by atoms with Gasteiger partial charge in [-0.2, -0.15) is 4.79 Å². The van der Waals surface area contributed by atoms with Gasteiger partial charge >= 0.3 is 12.1 Å². The van der Waals surface area contributed by atoms with Gasteiger partial charge in [0.25, 0.3) is 0 Å². The van der Waals surface area contributed by atoms with Gasteiger partial charge in [-0.25, -0.2) is 13.7 Å². The van der Waals surface area contributed by atoms with Crippen LogP contribution in [0.5, 0.6) is 0 Å². The Hall–Kier alpha value is -2.97. The fourth-order valence-corrected chi connectivity index (χ4v) is 6.41. The average Bonchev–Trinajstić information content (AvgIpc) is 2.87. The van der Waals surface area contributed by atoms with E-state index in [2.05, 4.69) is 17.0 Å². The minimum atomic E-state index is -0.750. The zero-order chi connectivity index (χ0) is 27.7. The molecule has 0 spiro atoms. The molecule has 0 bridgehead atoms. The molecule has 7 nitrogen and oxygen atoms in total. The number of hydrogen-bond acceptors (Lipinski definition) is 3. The number of piperidine rings is 1. The SMILES string of the molecule is C[C@H]1CN(Cc2ccc(N(C)C(=O)N3CCC(c4cccc(F)c4)CC3)cc2)CC[N+]1(C(=O)O)C(C)(C)C. The molecule has 2 heterocycles. The summed E-state index contributed by atoms with van der Waals surface area (Å²) in [4.78, 5) is 31.3. The fourth-order valence-electron chi connectivity index (χ4n) is 6.41. The second-order valence-corrected chi connectivity index (χ2v) is 12.0. The summed E-state index contributed by atoms with van der Waals surface area (Å²) in [7, 11) is 1.80. The summed E-state index contributed by atoms with van der Waals surface area (Å²) in [5.41, 5.74) is 2.62. The Kier molecular flexibility index (Phi) is 8.14. The number of carboxylic acid groups (broad SMARTS) is 1. The van der Waals surface area contributed by atoms with E-state index in [1.807, 2.05) is 50.8 Å². The molecule has 1 unspecified atom stereocenters. The summed E-state index contributed by atoms with van der Waals surface area (Å²) in [5.74, 6) is 0.0659. The number of carbonyl (C=O) groups excluding carboxylic acids is 1. The highest BCUT2D eigenvalue weighted by atomic mass is 19.1. The predicted octanol–water partition coefficient (Wildman–Crippen LogP) is 5.76. The zero-order valence-electron chi connectivity index (χ0n) is 23.4. The van der Waals surface area contributed by atoms with Gasteiger partial charge in [0.1, 0.15) is 23.9 Å². The third kappa shape index (κ3) is 5.57. The molecular weight excluding hydrogens is 483 g/mol. The molecule has 2 aromatic rings. The molecule has 0 saturated carbocycles. The number of urea groups is 1. The predicted molar refractivity (Wildman–Crippen MR) is 148 cm³/mol. The second kappa shape index (κ2) is 11.0. The van der Waals surface area contributed by atoms with Crippen molar-refractivity contribution in [1.29, 1.82) is 0 Å². The largest absolute Gasteiger partial charge is 0.514 e. The number of hydrogen-bond donors (Lipinski definition) is 1. The van der Waals surface area contributed by atoms with Crippen molar-refractivity contribution in [3.8, 4) is 0 Å². The van der Waals surface area contributed by atoms with Crippen molar-refractivity contribution in [2.75, 3.05) is 44.7 Å². The molecule has 0 radical (unpaired) electrons. The number of quaternary nitrogens is 1. The molecule has 0 aliphatic carbocycles. The van der Waals surface area contributed by atoms with Gasteiger partial charge in [0.2, 0.25) is 0 Å². The van der Waals surface area contributed by atoms with Gasteiger partial charge in [-0.1, -0.05) is 24.3 Å². The van der Waals surface area contributed by atoms with Crippen LogP contribution in [0.3, 0.4) is 0 Å². The quantitative estimate of drug-likeness (QED) is 0.516. The smallest absolute Gasteiger partial charge is 0.435 e. The molecule has 2 saturated heterocycles. The van der Waals surface area contributed by atoms with Crippen molar-refractivity contribution < 1.29 is 23.6 Å². The van der Waals surface area contributed by atoms with Crippen LogP contribution in [0.2, 0.25) is 0 Å². The summed E-state index contributed by atoms with van der Waals surface area (Å²) in [6.07, 6.45) is 0.903. The highest BCUT2D eigenvalue weighted by Gasteiger charge is 2.54. The first-order valence-electron chi connectivity index (χ1n) is 13.6. The molecule has 2 fully saturated rings. The van der Waals surface area contributed by atoms with Crippen molar-refractivity contribution in [2.45, 2.75) is 64.6 Å². The van der Waals surface area contributed by atoms with Crippen LogP contribution in [0.4, 0.5) is 19.7 Å². The van der Waals surface area contributed by atoms with E-state index < -0.39 is 6.09 Å². The molecule has 206 valence electrons. The molecule has 2 aromatic carbocycles. The molecule has 3 amide bonds. The van der Waals surface area contributed by atoms with E-state index in [9.17, 15) is 19.1 Å². The normalized spacial score (nSPS) is 23.3. The van der Waals surface area contributed by atoms with Crippen LogP contribution in [0.1, 0.15) is 57.6 Å². The van der Waals surface area contributed by atoms with Crippen LogP contribution >= 0.6 is 0 Å². The Bertz CT molecular complexity index is 1140. The van der Waals surface area contributed by atoms with E-state index in [1.54, 1.807) is 24.1 Å². The Morgan fingerprint density at radius 3 is 2.29 bits per heavy atom. The highest BCUT2D eigenvalue weighted by molar-refractivity contribution is 5.91. The van der Waals surface area contributed by atoms with Crippen molar-refractivity contribution in [3.63, 3.8) is 0 Å². The number of carbonyl (C=O) groups is 2. The summed E-state index contributed by atoms with van der Waals surface area (Å²) < 4.78 is 13.7. The molecule has 2 atom stereocenters. The van der Waals surface area contributed by atoms with E-state index >= 15 is 0 Å². The third-order valence-electron chi connectivity index (χ3n) is 8.68. The number of nitrogens with zero attached hydrogens (tertiary/aromatic N) is 4. The maximum Gasteiger partial charge on any atom is 0.514 e. The van der Waals surface area contributed by atoms with Gasteiger partial charge in [-0.3, -0.25) is 9.80 Å². The number of likely N-dealkylation sites (tertiary alicyclic amines) is 1. The Balaban J connectivity index is 1.32. The van der Waals surface area contributed by atoms with E-state index in [-0.39, 0.29) is 33.8 Å². The topological polar surface area (TPSA) is 64.1 Å². The van der Waals surface area contributed by atoms with Crippen LogP contribution in [0.25, 0.3) is 0 Å². The molecule has 1 N–H and O–H groups in total. The van der Waals surface area contributed by atoms with E-state index in [0.717, 1.165) is 49.3 Å². The number of halogens is 1. The second-order valence-electron chi connectivity index (χ2n) is 12.0. The number of anilines is 1. The highest BCUT2D eigenvalue weighted by Crippen LogP contribution is 2.33. The number of benzene rings is 2. The lowest BCUT2D eigenvalue weighted by atomic mass is 9.89.